The minimum atomic E-state index is -0.151. The van der Waals surface area contributed by atoms with Crippen LogP contribution in [0.15, 0.2) is 54.7 Å². The van der Waals surface area contributed by atoms with Gasteiger partial charge in [-0.2, -0.15) is 0 Å². The van der Waals surface area contributed by atoms with E-state index in [0.717, 1.165) is 16.5 Å². The topological polar surface area (TPSA) is 42.0 Å². The SMILES string of the molecule is O=C(Cc1ccc(Cl)cc1Cl)Nc1cccc2cccnc12. The molecule has 0 spiro atoms. The van der Waals surface area contributed by atoms with Gasteiger partial charge >= 0.3 is 0 Å². The molecule has 0 radical (unpaired) electrons. The van der Waals surface area contributed by atoms with Crippen LogP contribution in [0.3, 0.4) is 0 Å². The Bertz CT molecular complexity index is 844. The molecule has 0 aliphatic rings. The zero-order chi connectivity index (χ0) is 15.5. The molecular weight excluding hydrogens is 319 g/mol. The van der Waals surface area contributed by atoms with Gasteiger partial charge in [0.2, 0.25) is 5.91 Å². The lowest BCUT2D eigenvalue weighted by Gasteiger charge is -2.09. The number of fused-ring (bicyclic) bond motifs is 1. The number of para-hydroxylation sites is 1. The van der Waals surface area contributed by atoms with Crippen LogP contribution in [0.25, 0.3) is 10.9 Å². The molecule has 2 aromatic carbocycles. The van der Waals surface area contributed by atoms with E-state index in [1.807, 2.05) is 30.3 Å². The molecule has 1 amide bonds. The molecule has 110 valence electrons. The number of carbonyl (C=O) groups is 1. The van der Waals surface area contributed by atoms with Crippen molar-refractivity contribution in [2.24, 2.45) is 0 Å². The van der Waals surface area contributed by atoms with Crippen molar-refractivity contribution in [3.8, 4) is 0 Å². The highest BCUT2D eigenvalue weighted by atomic mass is 35.5. The smallest absolute Gasteiger partial charge is 0.228 e. The number of carbonyl (C=O) groups excluding carboxylic acids is 1. The van der Waals surface area contributed by atoms with Crippen LogP contribution in [0.4, 0.5) is 5.69 Å². The maximum Gasteiger partial charge on any atom is 0.228 e. The lowest BCUT2D eigenvalue weighted by molar-refractivity contribution is -0.115. The summed E-state index contributed by atoms with van der Waals surface area (Å²) >= 11 is 12.0. The number of halogens is 2. The highest BCUT2D eigenvalue weighted by Crippen LogP contribution is 2.23. The molecular formula is C17H12Cl2N2O. The van der Waals surface area contributed by atoms with E-state index in [9.17, 15) is 4.79 Å². The van der Waals surface area contributed by atoms with Gasteiger partial charge in [-0.1, -0.05) is 47.5 Å². The zero-order valence-corrected chi connectivity index (χ0v) is 13.0. The van der Waals surface area contributed by atoms with Gasteiger partial charge < -0.3 is 5.32 Å². The first-order valence-electron chi connectivity index (χ1n) is 6.71. The standard InChI is InChI=1S/C17H12Cl2N2O/c18-13-7-6-12(14(19)10-13)9-16(22)21-15-5-1-3-11-4-2-8-20-17(11)15/h1-8,10H,9H2,(H,21,22). The van der Waals surface area contributed by atoms with Gasteiger partial charge in [0, 0.05) is 21.6 Å². The number of benzene rings is 2. The van der Waals surface area contributed by atoms with Crippen LogP contribution in [0.2, 0.25) is 10.0 Å². The molecule has 3 rings (SSSR count). The van der Waals surface area contributed by atoms with Gasteiger partial charge in [0.25, 0.3) is 0 Å². The summed E-state index contributed by atoms with van der Waals surface area (Å²) in [5.74, 6) is -0.151. The van der Waals surface area contributed by atoms with Crippen molar-refractivity contribution >= 4 is 45.7 Å². The molecule has 0 saturated carbocycles. The van der Waals surface area contributed by atoms with Gasteiger partial charge in [0.15, 0.2) is 0 Å². The molecule has 0 aliphatic carbocycles. The van der Waals surface area contributed by atoms with Crippen molar-refractivity contribution in [2.45, 2.75) is 6.42 Å². The molecule has 0 atom stereocenters. The number of nitrogens with one attached hydrogen (secondary N) is 1. The van der Waals surface area contributed by atoms with E-state index < -0.39 is 0 Å². The Kier molecular flexibility index (Phi) is 4.27. The third-order valence-corrected chi connectivity index (χ3v) is 3.86. The maximum absolute atomic E-state index is 12.2. The Balaban J connectivity index is 1.81. The molecule has 0 bridgehead atoms. The number of pyridine rings is 1. The maximum atomic E-state index is 12.2. The molecule has 0 fully saturated rings. The second-order valence-electron chi connectivity index (χ2n) is 4.84. The van der Waals surface area contributed by atoms with E-state index >= 15 is 0 Å². The van der Waals surface area contributed by atoms with Crippen molar-refractivity contribution in [1.29, 1.82) is 0 Å². The zero-order valence-electron chi connectivity index (χ0n) is 11.5. The van der Waals surface area contributed by atoms with E-state index in [1.54, 1.807) is 24.4 Å². The molecule has 3 aromatic rings. The first-order chi connectivity index (χ1) is 10.6. The van der Waals surface area contributed by atoms with Crippen LogP contribution in [0.5, 0.6) is 0 Å². The van der Waals surface area contributed by atoms with E-state index in [0.29, 0.717) is 15.7 Å². The number of nitrogens with zero attached hydrogens (tertiary/aromatic N) is 1. The van der Waals surface area contributed by atoms with Crippen molar-refractivity contribution in [3.05, 3.63) is 70.3 Å². The molecule has 1 N–H and O–H groups in total. The van der Waals surface area contributed by atoms with Crippen LogP contribution >= 0.6 is 23.2 Å². The van der Waals surface area contributed by atoms with Gasteiger partial charge in [-0.25, -0.2) is 0 Å². The van der Waals surface area contributed by atoms with E-state index in [2.05, 4.69) is 10.3 Å². The molecule has 1 heterocycles. The molecule has 3 nitrogen and oxygen atoms in total. The summed E-state index contributed by atoms with van der Waals surface area (Å²) in [4.78, 5) is 16.5. The van der Waals surface area contributed by atoms with Crippen LogP contribution in [-0.4, -0.2) is 10.9 Å². The van der Waals surface area contributed by atoms with Crippen molar-refractivity contribution in [3.63, 3.8) is 0 Å². The van der Waals surface area contributed by atoms with Crippen LogP contribution in [-0.2, 0) is 11.2 Å². The van der Waals surface area contributed by atoms with E-state index in [1.165, 1.54) is 0 Å². The van der Waals surface area contributed by atoms with Crippen molar-refractivity contribution in [1.82, 2.24) is 4.98 Å². The number of hydrogen-bond acceptors (Lipinski definition) is 2. The second kappa shape index (κ2) is 6.34. The largest absolute Gasteiger partial charge is 0.324 e. The third kappa shape index (κ3) is 3.21. The minimum absolute atomic E-state index is 0.151. The molecule has 22 heavy (non-hydrogen) atoms. The monoisotopic (exact) mass is 330 g/mol. The van der Waals surface area contributed by atoms with Crippen LogP contribution < -0.4 is 5.32 Å². The fraction of sp³-hybridized carbons (Fsp3) is 0.0588. The number of aromatic nitrogens is 1. The molecule has 0 aliphatic heterocycles. The summed E-state index contributed by atoms with van der Waals surface area (Å²) in [7, 11) is 0. The van der Waals surface area contributed by atoms with Crippen LogP contribution in [0.1, 0.15) is 5.56 Å². The summed E-state index contributed by atoms with van der Waals surface area (Å²) in [5.41, 5.74) is 2.19. The number of anilines is 1. The summed E-state index contributed by atoms with van der Waals surface area (Å²) in [5, 5.41) is 4.89. The second-order valence-corrected chi connectivity index (χ2v) is 5.69. The van der Waals surface area contributed by atoms with Gasteiger partial charge in [-0.05, 0) is 29.8 Å². The van der Waals surface area contributed by atoms with Crippen molar-refractivity contribution < 1.29 is 4.79 Å². The summed E-state index contributed by atoms with van der Waals surface area (Å²) in [6.07, 6.45) is 1.88. The van der Waals surface area contributed by atoms with Crippen LogP contribution in [0, 0.1) is 0 Å². The Morgan fingerprint density at radius 1 is 1.09 bits per heavy atom. The summed E-state index contributed by atoms with van der Waals surface area (Å²) in [6, 6.07) is 14.6. The Labute approximate surface area is 137 Å². The summed E-state index contributed by atoms with van der Waals surface area (Å²) < 4.78 is 0. The first-order valence-corrected chi connectivity index (χ1v) is 7.46. The van der Waals surface area contributed by atoms with Crippen molar-refractivity contribution in [2.75, 3.05) is 5.32 Å². The average molecular weight is 331 g/mol. The summed E-state index contributed by atoms with van der Waals surface area (Å²) in [6.45, 7) is 0. The van der Waals surface area contributed by atoms with E-state index in [-0.39, 0.29) is 12.3 Å². The fourth-order valence-corrected chi connectivity index (χ4v) is 2.71. The minimum Gasteiger partial charge on any atom is -0.324 e. The van der Waals surface area contributed by atoms with Gasteiger partial charge in [-0.15, -0.1) is 0 Å². The van der Waals surface area contributed by atoms with Gasteiger partial charge in [-0.3, -0.25) is 9.78 Å². The highest BCUT2D eigenvalue weighted by Gasteiger charge is 2.10. The Morgan fingerprint density at radius 2 is 1.91 bits per heavy atom. The Morgan fingerprint density at radius 3 is 2.73 bits per heavy atom. The fourth-order valence-electron chi connectivity index (χ4n) is 2.24. The van der Waals surface area contributed by atoms with Gasteiger partial charge in [0.1, 0.15) is 0 Å². The predicted molar refractivity (Wildman–Crippen MR) is 90.5 cm³/mol. The van der Waals surface area contributed by atoms with Gasteiger partial charge in [0.05, 0.1) is 17.6 Å². The molecule has 0 saturated heterocycles. The lowest BCUT2D eigenvalue weighted by atomic mass is 10.1. The Hall–Kier alpha value is -2.10. The molecule has 0 unspecified atom stereocenters. The lowest BCUT2D eigenvalue weighted by Crippen LogP contribution is -2.15. The molecule has 5 heteroatoms. The number of amides is 1. The number of rotatable bonds is 3. The normalized spacial score (nSPS) is 10.6. The average Bonchev–Trinajstić information content (AvgIpc) is 2.50. The van der Waals surface area contributed by atoms with E-state index in [4.69, 9.17) is 23.2 Å². The number of hydrogen-bond donors (Lipinski definition) is 1. The molecule has 1 aromatic heterocycles. The predicted octanol–water partition coefficient (Wildman–Crippen LogP) is 4.72. The quantitative estimate of drug-likeness (QED) is 0.754. The first kappa shape index (κ1) is 14.8. The third-order valence-electron chi connectivity index (χ3n) is 3.27. The highest BCUT2D eigenvalue weighted by molar-refractivity contribution is 6.35.